The zero-order chi connectivity index (χ0) is 11.3. The van der Waals surface area contributed by atoms with Crippen molar-refractivity contribution in [3.63, 3.8) is 0 Å². The van der Waals surface area contributed by atoms with Crippen LogP contribution in [0.3, 0.4) is 0 Å². The molecular weight excluding hydrogens is 204 g/mol. The Bertz CT molecular complexity index is 326. The number of hydrogen-bond donors (Lipinski definition) is 1. The molecular formula is C12H18N2S. The minimum atomic E-state index is -0.418. The highest BCUT2D eigenvalue weighted by molar-refractivity contribution is 7.09. The summed E-state index contributed by atoms with van der Waals surface area (Å²) < 4.78 is 0. The molecule has 0 fully saturated rings. The van der Waals surface area contributed by atoms with Gasteiger partial charge in [0.15, 0.2) is 0 Å². The fourth-order valence-electron chi connectivity index (χ4n) is 1.42. The number of hydrogen-bond acceptors (Lipinski definition) is 3. The lowest BCUT2D eigenvalue weighted by atomic mass is 9.86. The van der Waals surface area contributed by atoms with Crippen molar-refractivity contribution < 1.29 is 0 Å². The van der Waals surface area contributed by atoms with Crippen LogP contribution in [0, 0.1) is 17.2 Å². The van der Waals surface area contributed by atoms with Gasteiger partial charge in [0.05, 0.1) is 6.07 Å². The topological polar surface area (TPSA) is 35.8 Å². The molecule has 0 radical (unpaired) electrons. The first-order valence-corrected chi connectivity index (χ1v) is 6.19. The average molecular weight is 222 g/mol. The smallest absolute Gasteiger partial charge is 0.106 e. The van der Waals surface area contributed by atoms with E-state index >= 15 is 0 Å². The normalized spacial score (nSPS) is 16.7. The Labute approximate surface area is 95.9 Å². The van der Waals surface area contributed by atoms with Gasteiger partial charge >= 0.3 is 0 Å². The first kappa shape index (κ1) is 12.2. The largest absolute Gasteiger partial charge is 0.294 e. The van der Waals surface area contributed by atoms with Crippen LogP contribution in [0.25, 0.3) is 0 Å². The Morgan fingerprint density at radius 3 is 2.87 bits per heavy atom. The van der Waals surface area contributed by atoms with E-state index < -0.39 is 5.54 Å². The standard InChI is InChI=1S/C12H18N2S/c1-4-10(2)12(3,9-13)14-8-11-6-5-7-15-11/h5-7,10,14H,4,8H2,1-3H3. The molecule has 0 aliphatic rings. The van der Waals surface area contributed by atoms with Gasteiger partial charge in [-0.3, -0.25) is 5.32 Å². The highest BCUT2D eigenvalue weighted by Gasteiger charge is 2.29. The van der Waals surface area contributed by atoms with Gasteiger partial charge in [-0.15, -0.1) is 11.3 Å². The molecule has 2 atom stereocenters. The molecule has 0 aliphatic carbocycles. The molecule has 15 heavy (non-hydrogen) atoms. The van der Waals surface area contributed by atoms with Crippen molar-refractivity contribution in [2.75, 3.05) is 0 Å². The summed E-state index contributed by atoms with van der Waals surface area (Å²) in [6.45, 7) is 7.00. The second-order valence-electron chi connectivity index (χ2n) is 4.06. The van der Waals surface area contributed by atoms with Crippen LogP contribution < -0.4 is 5.32 Å². The maximum absolute atomic E-state index is 9.21. The van der Waals surface area contributed by atoms with E-state index in [2.05, 4.69) is 36.7 Å². The number of nitriles is 1. The van der Waals surface area contributed by atoms with E-state index in [1.54, 1.807) is 11.3 Å². The molecule has 82 valence electrons. The van der Waals surface area contributed by atoms with Crippen molar-refractivity contribution in [3.05, 3.63) is 22.4 Å². The van der Waals surface area contributed by atoms with Crippen LogP contribution in [0.2, 0.25) is 0 Å². The Balaban J connectivity index is 2.58. The van der Waals surface area contributed by atoms with Crippen LogP contribution in [-0.4, -0.2) is 5.54 Å². The zero-order valence-electron chi connectivity index (χ0n) is 9.58. The van der Waals surface area contributed by atoms with Crippen LogP contribution in [0.4, 0.5) is 0 Å². The van der Waals surface area contributed by atoms with Gasteiger partial charge in [0.2, 0.25) is 0 Å². The van der Waals surface area contributed by atoms with Gasteiger partial charge in [0.1, 0.15) is 5.54 Å². The molecule has 1 aromatic rings. The molecule has 1 rings (SSSR count). The molecule has 1 N–H and O–H groups in total. The van der Waals surface area contributed by atoms with Crippen molar-refractivity contribution in [2.24, 2.45) is 5.92 Å². The maximum atomic E-state index is 9.21. The van der Waals surface area contributed by atoms with Gasteiger partial charge < -0.3 is 0 Å². The lowest BCUT2D eigenvalue weighted by Crippen LogP contribution is -2.45. The monoisotopic (exact) mass is 222 g/mol. The molecule has 0 spiro atoms. The predicted molar refractivity (Wildman–Crippen MR) is 64.6 cm³/mol. The summed E-state index contributed by atoms with van der Waals surface area (Å²) in [5.41, 5.74) is -0.418. The van der Waals surface area contributed by atoms with Crippen LogP contribution in [-0.2, 0) is 6.54 Å². The highest BCUT2D eigenvalue weighted by Crippen LogP contribution is 2.20. The first-order valence-electron chi connectivity index (χ1n) is 5.31. The third-order valence-corrected chi connectivity index (χ3v) is 3.92. The maximum Gasteiger partial charge on any atom is 0.106 e. The van der Waals surface area contributed by atoms with Gasteiger partial charge in [-0.05, 0) is 24.3 Å². The summed E-state index contributed by atoms with van der Waals surface area (Å²) in [7, 11) is 0. The van der Waals surface area contributed by atoms with Gasteiger partial charge in [-0.2, -0.15) is 5.26 Å². The summed E-state index contributed by atoms with van der Waals surface area (Å²) in [6, 6.07) is 6.51. The van der Waals surface area contributed by atoms with Crippen molar-refractivity contribution in [3.8, 4) is 6.07 Å². The van der Waals surface area contributed by atoms with Crippen LogP contribution in [0.5, 0.6) is 0 Å². The van der Waals surface area contributed by atoms with E-state index in [0.29, 0.717) is 5.92 Å². The Kier molecular flexibility index (Phi) is 4.31. The first-order chi connectivity index (χ1) is 7.12. The van der Waals surface area contributed by atoms with E-state index in [-0.39, 0.29) is 0 Å². The van der Waals surface area contributed by atoms with Gasteiger partial charge in [0, 0.05) is 11.4 Å². The summed E-state index contributed by atoms with van der Waals surface area (Å²) in [5.74, 6) is 0.363. The van der Waals surface area contributed by atoms with E-state index in [9.17, 15) is 5.26 Å². The second kappa shape index (κ2) is 5.29. The number of thiophene rings is 1. The second-order valence-corrected chi connectivity index (χ2v) is 5.09. The van der Waals surface area contributed by atoms with Crippen LogP contribution in [0.15, 0.2) is 17.5 Å². The van der Waals surface area contributed by atoms with E-state index in [1.165, 1.54) is 4.88 Å². The molecule has 0 amide bonds. The Hall–Kier alpha value is -0.850. The molecule has 2 nitrogen and oxygen atoms in total. The van der Waals surface area contributed by atoms with E-state index in [0.717, 1.165) is 13.0 Å². The molecule has 3 heteroatoms. The Morgan fingerprint density at radius 1 is 1.67 bits per heavy atom. The molecule has 1 aromatic heterocycles. The summed E-state index contributed by atoms with van der Waals surface area (Å²) in [6.07, 6.45) is 1.02. The van der Waals surface area contributed by atoms with Gasteiger partial charge in [-0.25, -0.2) is 0 Å². The molecule has 2 unspecified atom stereocenters. The SMILES string of the molecule is CCC(C)C(C)(C#N)NCc1cccs1. The Morgan fingerprint density at radius 2 is 2.40 bits per heavy atom. The fourth-order valence-corrected chi connectivity index (χ4v) is 2.06. The highest BCUT2D eigenvalue weighted by atomic mass is 32.1. The van der Waals surface area contributed by atoms with Gasteiger partial charge in [-0.1, -0.05) is 26.3 Å². The molecule has 0 saturated heterocycles. The van der Waals surface area contributed by atoms with Crippen molar-refractivity contribution in [1.82, 2.24) is 5.32 Å². The minimum Gasteiger partial charge on any atom is -0.294 e. The van der Waals surface area contributed by atoms with Crippen molar-refractivity contribution >= 4 is 11.3 Å². The van der Waals surface area contributed by atoms with Crippen LogP contribution in [0.1, 0.15) is 32.1 Å². The predicted octanol–water partition coefficient (Wildman–Crippen LogP) is 3.17. The third-order valence-electron chi connectivity index (χ3n) is 3.04. The average Bonchev–Trinajstić information content (AvgIpc) is 2.77. The number of nitrogens with one attached hydrogen (secondary N) is 1. The van der Waals surface area contributed by atoms with E-state index in [1.807, 2.05) is 13.0 Å². The summed E-state index contributed by atoms with van der Waals surface area (Å²) in [5, 5.41) is 14.6. The van der Waals surface area contributed by atoms with Crippen molar-refractivity contribution in [1.29, 1.82) is 5.26 Å². The summed E-state index contributed by atoms with van der Waals surface area (Å²) >= 11 is 1.72. The molecule has 0 aromatic carbocycles. The fraction of sp³-hybridized carbons (Fsp3) is 0.583. The van der Waals surface area contributed by atoms with Gasteiger partial charge in [0.25, 0.3) is 0 Å². The molecule has 0 saturated carbocycles. The minimum absolute atomic E-state index is 0.363. The molecule has 0 aliphatic heterocycles. The number of rotatable bonds is 5. The third kappa shape index (κ3) is 3.05. The lowest BCUT2D eigenvalue weighted by Gasteiger charge is -2.29. The number of nitrogens with zero attached hydrogens (tertiary/aromatic N) is 1. The molecule has 0 bridgehead atoms. The van der Waals surface area contributed by atoms with E-state index in [4.69, 9.17) is 0 Å². The lowest BCUT2D eigenvalue weighted by molar-refractivity contribution is 0.308. The van der Waals surface area contributed by atoms with Crippen molar-refractivity contribution in [2.45, 2.75) is 39.3 Å². The molecule has 1 heterocycles. The summed E-state index contributed by atoms with van der Waals surface area (Å²) in [4.78, 5) is 1.28. The quantitative estimate of drug-likeness (QED) is 0.830. The zero-order valence-corrected chi connectivity index (χ0v) is 10.4. The van der Waals surface area contributed by atoms with Crippen LogP contribution >= 0.6 is 11.3 Å².